The third-order valence-electron chi connectivity index (χ3n) is 6.97. The van der Waals surface area contributed by atoms with E-state index >= 15 is 0 Å². The first kappa shape index (κ1) is 30.9. The van der Waals surface area contributed by atoms with Crippen LogP contribution < -0.4 is 0 Å². The van der Waals surface area contributed by atoms with Crippen LogP contribution in [-0.2, 0) is 0 Å². The predicted molar refractivity (Wildman–Crippen MR) is 150 cm³/mol. The minimum absolute atomic E-state index is 0.635. The van der Waals surface area contributed by atoms with E-state index in [0.717, 1.165) is 0 Å². The SMILES string of the molecule is CCCC[P+](CCCC)(CCCC)CCCCCCCCCCCCCCCCBr. The Morgan fingerprint density at radius 1 is 0.367 bits per heavy atom. The number of unbranched alkanes of at least 4 members (excludes halogenated alkanes) is 16. The minimum Gasteiger partial charge on any atom is -0.0928 e. The molecule has 0 aliphatic carbocycles. The molecule has 182 valence electrons. The fourth-order valence-corrected chi connectivity index (χ4v) is 10.4. The van der Waals surface area contributed by atoms with E-state index in [1.54, 1.807) is 31.1 Å². The minimum atomic E-state index is -0.635. The summed E-state index contributed by atoms with van der Waals surface area (Å²) in [6.07, 6.45) is 35.8. The Hall–Kier alpha value is 0.910. The summed E-state index contributed by atoms with van der Waals surface area (Å²) in [7, 11) is -0.635. The highest BCUT2D eigenvalue weighted by molar-refractivity contribution is 9.09. The van der Waals surface area contributed by atoms with Gasteiger partial charge in [0.05, 0.1) is 24.6 Å². The van der Waals surface area contributed by atoms with E-state index in [-0.39, 0.29) is 0 Å². The molecule has 0 unspecified atom stereocenters. The molecule has 0 saturated carbocycles. The van der Waals surface area contributed by atoms with Crippen molar-refractivity contribution in [2.45, 2.75) is 149 Å². The molecule has 0 fully saturated rings. The molecule has 0 heterocycles. The molecule has 0 radical (unpaired) electrons. The predicted octanol–water partition coefficient (Wildman–Crippen LogP) is 11.3. The van der Waals surface area contributed by atoms with E-state index in [2.05, 4.69) is 36.7 Å². The Morgan fingerprint density at radius 3 is 0.933 bits per heavy atom. The van der Waals surface area contributed by atoms with Gasteiger partial charge in [-0.2, -0.15) is 0 Å². The maximum atomic E-state index is 3.52. The summed E-state index contributed by atoms with van der Waals surface area (Å²) in [5.74, 6) is 0. The van der Waals surface area contributed by atoms with Crippen LogP contribution in [-0.4, -0.2) is 30.0 Å². The maximum Gasteiger partial charge on any atom is 0.0594 e. The summed E-state index contributed by atoms with van der Waals surface area (Å²) < 4.78 is 0. The maximum absolute atomic E-state index is 3.52. The van der Waals surface area contributed by atoms with Gasteiger partial charge in [-0.1, -0.05) is 127 Å². The summed E-state index contributed by atoms with van der Waals surface area (Å²) in [4.78, 5) is 0. The molecule has 0 rings (SSSR count). The Labute approximate surface area is 202 Å². The molecule has 0 saturated heterocycles. The summed E-state index contributed by atoms with van der Waals surface area (Å²) >= 11 is 3.52. The summed E-state index contributed by atoms with van der Waals surface area (Å²) in [5, 5.41) is 1.19. The smallest absolute Gasteiger partial charge is 0.0594 e. The highest BCUT2D eigenvalue weighted by Crippen LogP contribution is 2.61. The van der Waals surface area contributed by atoms with E-state index in [9.17, 15) is 0 Å². The molecule has 0 N–H and O–H groups in total. The number of hydrogen-bond acceptors (Lipinski definition) is 0. The second kappa shape index (κ2) is 24.6. The topological polar surface area (TPSA) is 0 Å². The van der Waals surface area contributed by atoms with Crippen LogP contribution in [0.4, 0.5) is 0 Å². The molecule has 0 aromatic carbocycles. The van der Waals surface area contributed by atoms with Gasteiger partial charge in [0.1, 0.15) is 0 Å². The van der Waals surface area contributed by atoms with Crippen molar-refractivity contribution in [3.63, 3.8) is 0 Å². The molecule has 0 spiro atoms. The third kappa shape index (κ3) is 19.6. The van der Waals surface area contributed by atoms with Crippen molar-refractivity contribution in [1.29, 1.82) is 0 Å². The van der Waals surface area contributed by atoms with Crippen molar-refractivity contribution in [2.24, 2.45) is 0 Å². The number of halogens is 1. The van der Waals surface area contributed by atoms with Crippen LogP contribution in [0.3, 0.4) is 0 Å². The monoisotopic (exact) mass is 505 g/mol. The lowest BCUT2D eigenvalue weighted by atomic mass is 10.0. The lowest BCUT2D eigenvalue weighted by Gasteiger charge is -2.28. The van der Waals surface area contributed by atoms with Crippen molar-refractivity contribution >= 4 is 23.2 Å². The van der Waals surface area contributed by atoms with E-state index in [0.29, 0.717) is 0 Å². The van der Waals surface area contributed by atoms with Crippen LogP contribution in [0.1, 0.15) is 149 Å². The highest BCUT2D eigenvalue weighted by Gasteiger charge is 2.34. The molecule has 0 aliphatic heterocycles. The quantitative estimate of drug-likeness (QED) is 0.0656. The molecule has 0 aromatic rings. The fraction of sp³-hybridized carbons (Fsp3) is 1.00. The van der Waals surface area contributed by atoms with Crippen LogP contribution >= 0.6 is 23.2 Å². The molecule has 0 aliphatic rings. The Kier molecular flexibility index (Phi) is 25.3. The summed E-state index contributed by atoms with van der Waals surface area (Å²) in [6, 6.07) is 0. The van der Waals surface area contributed by atoms with E-state index < -0.39 is 7.26 Å². The zero-order chi connectivity index (χ0) is 22.2. The Bertz CT molecular complexity index is 296. The Morgan fingerprint density at radius 2 is 0.633 bits per heavy atom. The Balaban J connectivity index is 3.75. The molecular weight excluding hydrogens is 447 g/mol. The van der Waals surface area contributed by atoms with Crippen LogP contribution in [0, 0.1) is 0 Å². The second-order valence-corrected chi connectivity index (χ2v) is 15.2. The molecular formula is C28H59BrP+. The molecule has 0 bridgehead atoms. The van der Waals surface area contributed by atoms with Gasteiger partial charge in [0.15, 0.2) is 0 Å². The van der Waals surface area contributed by atoms with Crippen LogP contribution in [0.5, 0.6) is 0 Å². The summed E-state index contributed by atoms with van der Waals surface area (Å²) in [6.45, 7) is 7.17. The number of alkyl halides is 1. The van der Waals surface area contributed by atoms with Gasteiger partial charge in [-0.3, -0.25) is 0 Å². The molecule has 2 heteroatoms. The van der Waals surface area contributed by atoms with Gasteiger partial charge in [0.25, 0.3) is 0 Å². The van der Waals surface area contributed by atoms with Gasteiger partial charge in [0, 0.05) is 12.6 Å². The van der Waals surface area contributed by atoms with Crippen molar-refractivity contribution in [3.05, 3.63) is 0 Å². The normalized spacial score (nSPS) is 12.0. The second-order valence-electron chi connectivity index (χ2n) is 9.94. The molecule has 30 heavy (non-hydrogen) atoms. The average Bonchev–Trinajstić information content (AvgIpc) is 2.77. The zero-order valence-electron chi connectivity index (χ0n) is 21.5. The van der Waals surface area contributed by atoms with Gasteiger partial charge in [-0.05, 0) is 38.5 Å². The van der Waals surface area contributed by atoms with Gasteiger partial charge >= 0.3 is 0 Å². The van der Waals surface area contributed by atoms with Crippen molar-refractivity contribution in [2.75, 3.05) is 30.0 Å². The first-order chi connectivity index (χ1) is 14.7. The van der Waals surface area contributed by atoms with E-state index in [1.165, 1.54) is 127 Å². The highest BCUT2D eigenvalue weighted by atomic mass is 79.9. The largest absolute Gasteiger partial charge is 0.0928 e. The number of rotatable bonds is 25. The average molecular weight is 507 g/mol. The lowest BCUT2D eigenvalue weighted by molar-refractivity contribution is 0.539. The third-order valence-corrected chi connectivity index (χ3v) is 12.6. The van der Waals surface area contributed by atoms with Crippen molar-refractivity contribution in [1.82, 2.24) is 0 Å². The molecule has 0 aromatic heterocycles. The lowest BCUT2D eigenvalue weighted by Crippen LogP contribution is -2.13. The standard InChI is InChI=1S/C28H59BrP/c1-4-7-25-30(26-8-5-2,27-9-6-3)28-23-21-19-17-15-13-11-10-12-14-16-18-20-22-24-29/h4-28H2,1-3H3/q+1. The van der Waals surface area contributed by atoms with Crippen LogP contribution in [0.2, 0.25) is 0 Å². The number of hydrogen-bond donors (Lipinski definition) is 0. The van der Waals surface area contributed by atoms with E-state index in [1.807, 2.05) is 0 Å². The molecule has 0 amide bonds. The van der Waals surface area contributed by atoms with Gasteiger partial charge < -0.3 is 0 Å². The van der Waals surface area contributed by atoms with Gasteiger partial charge in [-0.25, -0.2) is 0 Å². The first-order valence-corrected chi connectivity index (χ1v) is 17.8. The van der Waals surface area contributed by atoms with Crippen LogP contribution in [0.15, 0.2) is 0 Å². The van der Waals surface area contributed by atoms with Gasteiger partial charge in [0.2, 0.25) is 0 Å². The van der Waals surface area contributed by atoms with Crippen molar-refractivity contribution in [3.8, 4) is 0 Å². The van der Waals surface area contributed by atoms with Gasteiger partial charge in [-0.15, -0.1) is 0 Å². The van der Waals surface area contributed by atoms with E-state index in [4.69, 9.17) is 0 Å². The zero-order valence-corrected chi connectivity index (χ0v) is 24.0. The summed E-state index contributed by atoms with van der Waals surface area (Å²) in [5.41, 5.74) is 0. The fourth-order valence-electron chi connectivity index (χ4n) is 4.81. The molecule has 0 atom stereocenters. The first-order valence-electron chi connectivity index (χ1n) is 14.2. The van der Waals surface area contributed by atoms with Crippen LogP contribution in [0.25, 0.3) is 0 Å². The van der Waals surface area contributed by atoms with Crippen molar-refractivity contribution < 1.29 is 0 Å². The molecule has 0 nitrogen and oxygen atoms in total.